The van der Waals surface area contributed by atoms with Crippen molar-refractivity contribution in [2.45, 2.75) is 30.3 Å². The molecule has 0 radical (unpaired) electrons. The van der Waals surface area contributed by atoms with E-state index in [1.807, 2.05) is 41.3 Å². The number of thioether (sulfide) groups is 1. The van der Waals surface area contributed by atoms with E-state index in [1.165, 1.54) is 11.8 Å². The molecule has 3 aromatic rings. The lowest BCUT2D eigenvalue weighted by atomic mass is 10.2. The molecular weight excluding hydrogens is 417 g/mol. The van der Waals surface area contributed by atoms with Crippen molar-refractivity contribution >= 4 is 40.9 Å². The zero-order valence-electron chi connectivity index (χ0n) is 14.8. The number of aromatic nitrogens is 2. The molecule has 0 atom stereocenters. The molecule has 144 valence electrons. The number of halogens is 2. The van der Waals surface area contributed by atoms with Gasteiger partial charge in [0.1, 0.15) is 0 Å². The molecule has 4 rings (SSSR count). The first-order valence-corrected chi connectivity index (χ1v) is 10.6. The number of carbonyl (C=O) groups is 1. The number of hydrogen-bond donors (Lipinski definition) is 0. The molecule has 1 amide bonds. The van der Waals surface area contributed by atoms with Crippen molar-refractivity contribution in [2.75, 3.05) is 5.75 Å². The van der Waals surface area contributed by atoms with Crippen LogP contribution in [0.2, 0.25) is 10.0 Å². The molecule has 5 nitrogen and oxygen atoms in total. The van der Waals surface area contributed by atoms with Gasteiger partial charge in [0.15, 0.2) is 0 Å². The Morgan fingerprint density at radius 3 is 2.57 bits per heavy atom. The highest BCUT2D eigenvalue weighted by atomic mass is 35.5. The van der Waals surface area contributed by atoms with Gasteiger partial charge >= 0.3 is 0 Å². The first kappa shape index (κ1) is 19.3. The Morgan fingerprint density at radius 2 is 1.86 bits per heavy atom. The number of nitrogens with zero attached hydrogens (tertiary/aromatic N) is 3. The van der Waals surface area contributed by atoms with Crippen LogP contribution in [0.15, 0.2) is 57.8 Å². The topological polar surface area (TPSA) is 59.2 Å². The lowest BCUT2D eigenvalue weighted by Crippen LogP contribution is -2.34. The van der Waals surface area contributed by atoms with Gasteiger partial charge in [-0.05, 0) is 49.2 Å². The summed E-state index contributed by atoms with van der Waals surface area (Å²) in [5.41, 5.74) is 0.793. The Morgan fingerprint density at radius 1 is 1.11 bits per heavy atom. The molecule has 1 saturated carbocycles. The maximum Gasteiger partial charge on any atom is 0.247 e. The van der Waals surface area contributed by atoms with E-state index in [9.17, 15) is 4.79 Å². The normalized spacial score (nSPS) is 13.5. The van der Waals surface area contributed by atoms with Gasteiger partial charge in [0.05, 0.1) is 17.3 Å². The van der Waals surface area contributed by atoms with Gasteiger partial charge in [-0.25, -0.2) is 0 Å². The van der Waals surface area contributed by atoms with Crippen molar-refractivity contribution in [2.24, 2.45) is 0 Å². The second-order valence-corrected chi connectivity index (χ2v) is 8.34. The Bertz CT molecular complexity index is 974. The zero-order valence-corrected chi connectivity index (χ0v) is 17.2. The zero-order chi connectivity index (χ0) is 19.5. The number of hydrogen-bond acceptors (Lipinski definition) is 5. The SMILES string of the molecule is O=C(CSc1ccccc1Cl)N(Cc1nnc(-c2ccc(Cl)cc2)o1)C1CC1. The molecule has 0 aliphatic heterocycles. The highest BCUT2D eigenvalue weighted by Crippen LogP contribution is 2.31. The van der Waals surface area contributed by atoms with E-state index in [0.29, 0.717) is 34.1 Å². The summed E-state index contributed by atoms with van der Waals surface area (Å²) in [7, 11) is 0. The largest absolute Gasteiger partial charge is 0.419 e. The second kappa shape index (κ2) is 8.55. The van der Waals surface area contributed by atoms with Gasteiger partial charge in [-0.15, -0.1) is 22.0 Å². The van der Waals surface area contributed by atoms with Crippen molar-refractivity contribution in [3.63, 3.8) is 0 Å². The first-order valence-electron chi connectivity index (χ1n) is 8.85. The highest BCUT2D eigenvalue weighted by Gasteiger charge is 2.33. The van der Waals surface area contributed by atoms with Gasteiger partial charge in [-0.3, -0.25) is 4.79 Å². The number of benzene rings is 2. The summed E-state index contributed by atoms with van der Waals surface area (Å²) < 4.78 is 5.76. The van der Waals surface area contributed by atoms with Crippen LogP contribution in [0.1, 0.15) is 18.7 Å². The molecular formula is C20H17Cl2N3O2S. The summed E-state index contributed by atoms with van der Waals surface area (Å²) in [6, 6.07) is 15.0. The maximum atomic E-state index is 12.8. The summed E-state index contributed by atoms with van der Waals surface area (Å²) in [6.45, 7) is 0.313. The van der Waals surface area contributed by atoms with Crippen molar-refractivity contribution in [3.05, 3.63) is 64.5 Å². The van der Waals surface area contributed by atoms with Crippen LogP contribution in [0.4, 0.5) is 0 Å². The summed E-state index contributed by atoms with van der Waals surface area (Å²) in [6.07, 6.45) is 2.00. The van der Waals surface area contributed by atoms with Gasteiger partial charge in [0, 0.05) is 21.5 Å². The molecule has 0 saturated heterocycles. The molecule has 1 aromatic heterocycles. The van der Waals surface area contributed by atoms with Crippen LogP contribution >= 0.6 is 35.0 Å². The number of carbonyl (C=O) groups excluding carboxylic acids is 1. The monoisotopic (exact) mass is 433 g/mol. The molecule has 28 heavy (non-hydrogen) atoms. The molecule has 1 fully saturated rings. The van der Waals surface area contributed by atoms with E-state index in [-0.39, 0.29) is 11.9 Å². The smallest absolute Gasteiger partial charge is 0.247 e. The van der Waals surface area contributed by atoms with E-state index in [4.69, 9.17) is 27.6 Å². The molecule has 1 aliphatic carbocycles. The third kappa shape index (κ3) is 4.69. The van der Waals surface area contributed by atoms with Crippen molar-refractivity contribution in [1.29, 1.82) is 0 Å². The Balaban J connectivity index is 1.42. The minimum atomic E-state index is 0.0404. The third-order valence-corrected chi connectivity index (χ3v) is 6.11. The highest BCUT2D eigenvalue weighted by molar-refractivity contribution is 8.00. The Labute approximate surface area is 177 Å². The van der Waals surface area contributed by atoms with Crippen molar-refractivity contribution in [3.8, 4) is 11.5 Å². The predicted octanol–water partition coefficient (Wildman–Crippen LogP) is 5.33. The van der Waals surface area contributed by atoms with E-state index in [2.05, 4.69) is 10.2 Å². The fourth-order valence-corrected chi connectivity index (χ4v) is 4.01. The van der Waals surface area contributed by atoms with E-state index < -0.39 is 0 Å². The van der Waals surface area contributed by atoms with E-state index >= 15 is 0 Å². The molecule has 0 N–H and O–H groups in total. The molecule has 1 aliphatic rings. The average Bonchev–Trinajstić information content (AvgIpc) is 3.44. The lowest BCUT2D eigenvalue weighted by molar-refractivity contribution is -0.129. The van der Waals surface area contributed by atoms with Crippen LogP contribution in [0, 0.1) is 0 Å². The van der Waals surface area contributed by atoms with Crippen LogP contribution in [0.25, 0.3) is 11.5 Å². The quantitative estimate of drug-likeness (QED) is 0.471. The van der Waals surface area contributed by atoms with Crippen LogP contribution in [0.5, 0.6) is 0 Å². The average molecular weight is 434 g/mol. The van der Waals surface area contributed by atoms with Crippen molar-refractivity contribution in [1.82, 2.24) is 15.1 Å². The lowest BCUT2D eigenvalue weighted by Gasteiger charge is -2.20. The van der Waals surface area contributed by atoms with Gasteiger partial charge in [0.25, 0.3) is 0 Å². The molecule has 0 spiro atoms. The van der Waals surface area contributed by atoms with Crippen LogP contribution in [-0.4, -0.2) is 32.8 Å². The maximum absolute atomic E-state index is 12.8. The first-order chi connectivity index (χ1) is 13.6. The molecule has 8 heteroatoms. The van der Waals surface area contributed by atoms with Crippen molar-refractivity contribution < 1.29 is 9.21 Å². The van der Waals surface area contributed by atoms with E-state index in [1.54, 1.807) is 12.1 Å². The molecule has 0 bridgehead atoms. The molecule has 0 unspecified atom stereocenters. The van der Waals surface area contributed by atoms with Gasteiger partial charge < -0.3 is 9.32 Å². The van der Waals surface area contributed by atoms with Crippen LogP contribution < -0.4 is 0 Å². The minimum absolute atomic E-state index is 0.0404. The standard InChI is InChI=1S/C20H17Cl2N3O2S/c21-14-7-5-13(6-8-14)20-24-23-18(27-20)11-25(15-9-10-15)19(26)12-28-17-4-2-1-3-16(17)22/h1-8,15H,9-12H2. The Kier molecular flexibility index (Phi) is 5.90. The van der Waals surface area contributed by atoms with Gasteiger partial charge in [-0.2, -0.15) is 0 Å². The number of rotatable bonds is 7. The summed E-state index contributed by atoms with van der Waals surface area (Å²) in [5, 5.41) is 9.50. The van der Waals surface area contributed by atoms with Gasteiger partial charge in [-0.1, -0.05) is 35.3 Å². The van der Waals surface area contributed by atoms with Crippen LogP contribution in [0.3, 0.4) is 0 Å². The summed E-state index contributed by atoms with van der Waals surface area (Å²) in [5.74, 6) is 1.20. The fourth-order valence-electron chi connectivity index (χ4n) is 2.76. The fraction of sp³-hybridized carbons (Fsp3) is 0.250. The number of amides is 1. The molecule has 1 heterocycles. The second-order valence-electron chi connectivity index (χ2n) is 6.48. The summed E-state index contributed by atoms with van der Waals surface area (Å²) >= 11 is 13.5. The minimum Gasteiger partial charge on any atom is -0.419 e. The third-order valence-electron chi connectivity index (χ3n) is 4.36. The molecule has 2 aromatic carbocycles. The van der Waals surface area contributed by atoms with Gasteiger partial charge in [0.2, 0.25) is 17.7 Å². The predicted molar refractivity (Wildman–Crippen MR) is 110 cm³/mol. The summed E-state index contributed by atoms with van der Waals surface area (Å²) in [4.78, 5) is 15.5. The van der Waals surface area contributed by atoms with E-state index in [0.717, 1.165) is 23.3 Å². The Hall–Kier alpha value is -2.02. The van der Waals surface area contributed by atoms with Crippen LogP contribution in [-0.2, 0) is 11.3 Å².